The molecule has 0 bridgehead atoms. The zero-order chi connectivity index (χ0) is 23.4. The van der Waals surface area contributed by atoms with Gasteiger partial charge in [-0.1, -0.05) is 42.5 Å². The Morgan fingerprint density at radius 1 is 0.848 bits per heavy atom. The van der Waals surface area contributed by atoms with E-state index in [1.165, 1.54) is 30.8 Å². The van der Waals surface area contributed by atoms with E-state index in [4.69, 9.17) is 4.74 Å². The Labute approximate surface area is 195 Å². The molecule has 1 amide bonds. The lowest BCUT2D eigenvalue weighted by atomic mass is 9.84. The van der Waals surface area contributed by atoms with Crippen LogP contribution >= 0.6 is 11.8 Å². The second-order valence-corrected chi connectivity index (χ2v) is 8.67. The minimum atomic E-state index is -1.01. The van der Waals surface area contributed by atoms with Crippen LogP contribution in [0.1, 0.15) is 45.2 Å². The van der Waals surface area contributed by atoms with E-state index in [0.717, 1.165) is 4.90 Å². The maximum Gasteiger partial charge on any atom is 0.307 e. The summed E-state index contributed by atoms with van der Waals surface area (Å²) < 4.78 is 5.23. The number of ketones is 2. The third-order valence-electron chi connectivity index (χ3n) is 5.19. The molecule has 7 heteroatoms. The van der Waals surface area contributed by atoms with Gasteiger partial charge in [-0.05, 0) is 37.3 Å². The van der Waals surface area contributed by atoms with Crippen LogP contribution in [0.2, 0.25) is 0 Å². The van der Waals surface area contributed by atoms with E-state index in [9.17, 15) is 19.2 Å². The fourth-order valence-electron chi connectivity index (χ4n) is 3.50. The van der Waals surface area contributed by atoms with Crippen molar-refractivity contribution >= 4 is 40.9 Å². The van der Waals surface area contributed by atoms with Gasteiger partial charge in [0, 0.05) is 38.6 Å². The number of benzene rings is 3. The lowest BCUT2D eigenvalue weighted by Crippen LogP contribution is -2.30. The Bertz CT molecular complexity index is 1240. The molecule has 3 aromatic rings. The summed E-state index contributed by atoms with van der Waals surface area (Å²) in [4.78, 5) is 51.2. The van der Waals surface area contributed by atoms with E-state index in [1.54, 1.807) is 30.3 Å². The van der Waals surface area contributed by atoms with Crippen molar-refractivity contribution in [2.24, 2.45) is 0 Å². The number of hydrogen-bond donors (Lipinski definition) is 1. The van der Waals surface area contributed by atoms with Crippen LogP contribution < -0.4 is 5.32 Å². The summed E-state index contributed by atoms with van der Waals surface area (Å²) in [6.07, 6.45) is -0.834. The molecule has 4 rings (SSSR count). The lowest BCUT2D eigenvalue weighted by Gasteiger charge is -2.19. The summed E-state index contributed by atoms with van der Waals surface area (Å²) in [5.41, 5.74) is 1.60. The van der Waals surface area contributed by atoms with E-state index in [-0.39, 0.29) is 23.6 Å². The van der Waals surface area contributed by atoms with Crippen LogP contribution in [0.3, 0.4) is 0 Å². The van der Waals surface area contributed by atoms with Crippen molar-refractivity contribution in [1.29, 1.82) is 0 Å². The highest BCUT2D eigenvalue weighted by atomic mass is 32.2. The van der Waals surface area contributed by atoms with E-state index < -0.39 is 18.0 Å². The van der Waals surface area contributed by atoms with Crippen LogP contribution in [-0.4, -0.2) is 35.3 Å². The monoisotopic (exact) mass is 459 g/mol. The second kappa shape index (κ2) is 9.83. The first-order chi connectivity index (χ1) is 15.9. The molecule has 1 N–H and O–H groups in total. The molecular weight excluding hydrogens is 438 g/mol. The first kappa shape index (κ1) is 22.5. The average molecular weight is 460 g/mol. The molecule has 1 atom stereocenters. The number of amides is 1. The number of hydrogen-bond acceptors (Lipinski definition) is 6. The molecule has 166 valence electrons. The van der Waals surface area contributed by atoms with Crippen molar-refractivity contribution in [3.8, 4) is 0 Å². The molecule has 0 spiro atoms. The van der Waals surface area contributed by atoms with Gasteiger partial charge in [-0.2, -0.15) is 0 Å². The molecule has 0 heterocycles. The fourth-order valence-corrected chi connectivity index (χ4v) is 4.35. The Hall–Kier alpha value is -3.71. The van der Waals surface area contributed by atoms with Gasteiger partial charge >= 0.3 is 5.97 Å². The number of carbonyl (C=O) groups is 4. The zero-order valence-corrected chi connectivity index (χ0v) is 18.7. The average Bonchev–Trinajstić information content (AvgIpc) is 2.83. The van der Waals surface area contributed by atoms with Crippen molar-refractivity contribution in [1.82, 2.24) is 0 Å². The quantitative estimate of drug-likeness (QED) is 0.323. The predicted molar refractivity (Wildman–Crippen MR) is 126 cm³/mol. The highest BCUT2D eigenvalue weighted by molar-refractivity contribution is 7.99. The number of nitrogens with one attached hydrogen (secondary N) is 1. The Balaban J connectivity index is 1.35. The van der Waals surface area contributed by atoms with Gasteiger partial charge in [-0.25, -0.2) is 0 Å². The van der Waals surface area contributed by atoms with Crippen LogP contribution in [0, 0.1) is 0 Å². The molecule has 0 saturated carbocycles. The molecule has 1 unspecified atom stereocenters. The van der Waals surface area contributed by atoms with Crippen molar-refractivity contribution < 1.29 is 23.9 Å². The van der Waals surface area contributed by atoms with E-state index >= 15 is 0 Å². The second-order valence-electron chi connectivity index (χ2n) is 7.50. The van der Waals surface area contributed by atoms with Crippen molar-refractivity contribution in [2.45, 2.75) is 24.3 Å². The number of ether oxygens (including phenoxy) is 1. The smallest absolute Gasteiger partial charge is 0.307 e. The largest absolute Gasteiger partial charge is 0.453 e. The third kappa shape index (κ3) is 5.04. The SMILES string of the molecule is CC(OC(=O)CCSc1ccccc1)C(=O)Nc1ccc2c(c1)C(=O)c1ccccc1C2=O. The summed E-state index contributed by atoms with van der Waals surface area (Å²) in [7, 11) is 0. The lowest BCUT2D eigenvalue weighted by molar-refractivity contribution is -0.152. The maximum absolute atomic E-state index is 12.8. The molecule has 33 heavy (non-hydrogen) atoms. The Morgan fingerprint density at radius 3 is 2.15 bits per heavy atom. The molecule has 0 aliphatic heterocycles. The van der Waals surface area contributed by atoms with E-state index in [2.05, 4.69) is 5.32 Å². The number of thioether (sulfide) groups is 1. The standard InChI is InChI=1S/C26H21NO5S/c1-16(32-23(28)13-14-33-18-7-3-2-4-8-18)26(31)27-17-11-12-21-22(15-17)25(30)20-10-6-5-9-19(20)24(21)29/h2-12,15-16H,13-14H2,1H3,(H,27,31). The maximum atomic E-state index is 12.8. The Morgan fingerprint density at radius 2 is 1.45 bits per heavy atom. The molecule has 6 nitrogen and oxygen atoms in total. The first-order valence-electron chi connectivity index (χ1n) is 10.4. The normalized spacial score (nSPS) is 13.0. The van der Waals surface area contributed by atoms with Gasteiger partial charge in [-0.15, -0.1) is 11.8 Å². The summed E-state index contributed by atoms with van der Waals surface area (Å²) in [5.74, 6) is -0.946. The molecule has 3 aromatic carbocycles. The number of esters is 1. The summed E-state index contributed by atoms with van der Waals surface area (Å²) in [6.45, 7) is 1.49. The topological polar surface area (TPSA) is 89.5 Å². The third-order valence-corrected chi connectivity index (χ3v) is 6.20. The van der Waals surface area contributed by atoms with Crippen molar-refractivity contribution in [3.63, 3.8) is 0 Å². The fraction of sp³-hybridized carbons (Fsp3) is 0.154. The van der Waals surface area contributed by atoms with Crippen molar-refractivity contribution in [3.05, 3.63) is 95.1 Å². The molecule has 1 aliphatic rings. The van der Waals surface area contributed by atoms with Gasteiger partial charge in [-0.3, -0.25) is 19.2 Å². The molecule has 0 radical (unpaired) electrons. The number of fused-ring (bicyclic) bond motifs is 2. The first-order valence-corrected chi connectivity index (χ1v) is 11.4. The molecule has 0 aromatic heterocycles. The van der Waals surface area contributed by atoms with Crippen LogP contribution in [0.25, 0.3) is 0 Å². The number of rotatable bonds is 7. The van der Waals surface area contributed by atoms with Gasteiger partial charge in [0.2, 0.25) is 0 Å². The minimum absolute atomic E-state index is 0.173. The highest BCUT2D eigenvalue weighted by Gasteiger charge is 2.29. The minimum Gasteiger partial charge on any atom is -0.453 e. The Kier molecular flexibility index (Phi) is 6.70. The molecule has 1 aliphatic carbocycles. The van der Waals surface area contributed by atoms with Crippen LogP contribution in [0.15, 0.2) is 77.7 Å². The molecule has 0 fully saturated rings. The summed E-state index contributed by atoms with van der Waals surface area (Å²) in [6, 6.07) is 20.9. The molecular formula is C26H21NO5S. The molecule has 0 saturated heterocycles. The van der Waals surface area contributed by atoms with Gasteiger partial charge in [0.25, 0.3) is 5.91 Å². The van der Waals surface area contributed by atoms with Gasteiger partial charge in [0.05, 0.1) is 6.42 Å². The zero-order valence-electron chi connectivity index (χ0n) is 17.9. The highest BCUT2D eigenvalue weighted by Crippen LogP contribution is 2.29. The summed E-state index contributed by atoms with van der Waals surface area (Å²) >= 11 is 1.53. The van der Waals surface area contributed by atoms with E-state index in [0.29, 0.717) is 28.1 Å². The predicted octanol–water partition coefficient (Wildman–Crippen LogP) is 4.51. The summed E-state index contributed by atoms with van der Waals surface area (Å²) in [5, 5.41) is 2.65. The van der Waals surface area contributed by atoms with Crippen LogP contribution in [0.4, 0.5) is 5.69 Å². The van der Waals surface area contributed by atoms with Crippen LogP contribution in [-0.2, 0) is 14.3 Å². The van der Waals surface area contributed by atoms with Crippen molar-refractivity contribution in [2.75, 3.05) is 11.1 Å². The number of anilines is 1. The van der Waals surface area contributed by atoms with Crippen LogP contribution in [0.5, 0.6) is 0 Å². The van der Waals surface area contributed by atoms with Gasteiger partial charge < -0.3 is 10.1 Å². The van der Waals surface area contributed by atoms with Gasteiger partial charge in [0.15, 0.2) is 17.7 Å². The van der Waals surface area contributed by atoms with Gasteiger partial charge in [0.1, 0.15) is 0 Å². The van der Waals surface area contributed by atoms with E-state index in [1.807, 2.05) is 30.3 Å². The number of carbonyl (C=O) groups excluding carboxylic acids is 4.